The zero-order chi connectivity index (χ0) is 16.9. The van der Waals surface area contributed by atoms with Crippen molar-refractivity contribution in [3.8, 4) is 0 Å². The fourth-order valence-electron chi connectivity index (χ4n) is 2.88. The molecule has 1 fully saturated rings. The smallest absolute Gasteiger partial charge is 0.395 e. The number of nitrogens with zero attached hydrogens (tertiary/aromatic N) is 1. The van der Waals surface area contributed by atoms with E-state index in [9.17, 15) is 13.2 Å². The molecular formula is C17H21ClF3NO. The number of hydrogen-bond donors (Lipinski definition) is 0. The topological polar surface area (TPSA) is 21.6 Å². The van der Waals surface area contributed by atoms with Crippen molar-refractivity contribution < 1.29 is 18.0 Å². The second-order valence-corrected chi connectivity index (χ2v) is 6.32. The summed E-state index contributed by atoms with van der Waals surface area (Å²) in [5.41, 5.74) is -0.462. The molecule has 23 heavy (non-hydrogen) atoms. The summed E-state index contributed by atoms with van der Waals surface area (Å²) in [6.45, 7) is 2.22. The van der Waals surface area contributed by atoms with Crippen LogP contribution in [0.3, 0.4) is 0 Å². The van der Waals surface area contributed by atoms with Gasteiger partial charge in [0.25, 0.3) is 0 Å². The normalized spacial score (nSPS) is 17.3. The lowest BCUT2D eigenvalue weighted by molar-refractivity contribution is -0.137. The van der Waals surface area contributed by atoms with Gasteiger partial charge in [-0.2, -0.15) is 13.2 Å². The predicted octanol–water partition coefficient (Wildman–Crippen LogP) is 6.07. The van der Waals surface area contributed by atoms with E-state index in [1.165, 1.54) is 31.4 Å². The molecule has 2 rings (SSSR count). The molecule has 1 aromatic carbocycles. The zero-order valence-corrected chi connectivity index (χ0v) is 13.9. The number of hydrogen-bond acceptors (Lipinski definition) is 2. The van der Waals surface area contributed by atoms with Crippen molar-refractivity contribution in [2.45, 2.75) is 51.6 Å². The standard InChI is InChI=1S/C17H21ClF3NO/c1-2-16(22-23-11-12-6-4-3-5-7-12)14-10-13(18)8-9-15(14)17(19,20)21/h8-10,12H,2-7,11H2,1H3. The van der Waals surface area contributed by atoms with Crippen LogP contribution in [0.5, 0.6) is 0 Å². The molecule has 1 aliphatic rings. The Balaban J connectivity index is 2.15. The van der Waals surface area contributed by atoms with Gasteiger partial charge in [0.2, 0.25) is 0 Å². The van der Waals surface area contributed by atoms with Crippen LogP contribution in [0.1, 0.15) is 56.6 Å². The van der Waals surface area contributed by atoms with E-state index in [2.05, 4.69) is 5.16 Å². The molecular weight excluding hydrogens is 327 g/mol. The van der Waals surface area contributed by atoms with Crippen molar-refractivity contribution in [3.05, 3.63) is 34.3 Å². The quantitative estimate of drug-likeness (QED) is 0.468. The van der Waals surface area contributed by atoms with Crippen LogP contribution < -0.4 is 0 Å². The van der Waals surface area contributed by atoms with Crippen molar-refractivity contribution in [2.75, 3.05) is 6.61 Å². The molecule has 1 aliphatic carbocycles. The van der Waals surface area contributed by atoms with Crippen LogP contribution in [-0.4, -0.2) is 12.3 Å². The molecule has 0 saturated heterocycles. The van der Waals surface area contributed by atoms with Crippen LogP contribution in [0.2, 0.25) is 5.02 Å². The highest BCUT2D eigenvalue weighted by atomic mass is 35.5. The van der Waals surface area contributed by atoms with Crippen molar-refractivity contribution in [1.82, 2.24) is 0 Å². The molecule has 0 atom stereocenters. The van der Waals surface area contributed by atoms with E-state index in [4.69, 9.17) is 16.4 Å². The van der Waals surface area contributed by atoms with Crippen LogP contribution in [0.4, 0.5) is 13.2 Å². The van der Waals surface area contributed by atoms with Gasteiger partial charge in [0, 0.05) is 10.6 Å². The van der Waals surface area contributed by atoms with Crippen molar-refractivity contribution in [2.24, 2.45) is 11.1 Å². The van der Waals surface area contributed by atoms with E-state index in [1.54, 1.807) is 6.92 Å². The summed E-state index contributed by atoms with van der Waals surface area (Å²) in [4.78, 5) is 5.37. The molecule has 0 heterocycles. The fourth-order valence-corrected chi connectivity index (χ4v) is 3.05. The lowest BCUT2D eigenvalue weighted by atomic mass is 9.90. The number of benzene rings is 1. The SMILES string of the molecule is CCC(=NOCC1CCCCC1)c1cc(Cl)ccc1C(F)(F)F. The van der Waals surface area contributed by atoms with Gasteiger partial charge in [0.15, 0.2) is 0 Å². The van der Waals surface area contributed by atoms with Crippen LogP contribution in [-0.2, 0) is 11.0 Å². The molecule has 0 aliphatic heterocycles. The summed E-state index contributed by atoms with van der Waals surface area (Å²) < 4.78 is 39.5. The van der Waals surface area contributed by atoms with E-state index in [0.29, 0.717) is 18.9 Å². The van der Waals surface area contributed by atoms with Crippen LogP contribution in [0.15, 0.2) is 23.4 Å². The molecule has 6 heteroatoms. The molecule has 1 saturated carbocycles. The van der Waals surface area contributed by atoms with E-state index >= 15 is 0 Å². The van der Waals surface area contributed by atoms with Crippen LogP contribution >= 0.6 is 11.6 Å². The summed E-state index contributed by atoms with van der Waals surface area (Å²) in [5, 5.41) is 4.23. The highest BCUT2D eigenvalue weighted by Crippen LogP contribution is 2.34. The lowest BCUT2D eigenvalue weighted by Gasteiger charge is -2.20. The second-order valence-electron chi connectivity index (χ2n) is 5.88. The number of oxime groups is 1. The van der Waals surface area contributed by atoms with Gasteiger partial charge in [-0.3, -0.25) is 0 Å². The first-order valence-electron chi connectivity index (χ1n) is 7.97. The van der Waals surface area contributed by atoms with E-state index in [1.807, 2.05) is 0 Å². The van der Waals surface area contributed by atoms with Gasteiger partial charge in [-0.05, 0) is 43.4 Å². The predicted molar refractivity (Wildman–Crippen MR) is 85.8 cm³/mol. The Morgan fingerprint density at radius 3 is 2.57 bits per heavy atom. The third kappa shape index (κ3) is 5.13. The maximum atomic E-state index is 13.2. The van der Waals surface area contributed by atoms with Gasteiger partial charge in [-0.15, -0.1) is 0 Å². The van der Waals surface area contributed by atoms with Crippen molar-refractivity contribution >= 4 is 17.3 Å². The molecule has 0 amide bonds. The van der Waals surface area contributed by atoms with Crippen LogP contribution in [0, 0.1) is 5.92 Å². The molecule has 0 aromatic heterocycles. The molecule has 2 nitrogen and oxygen atoms in total. The average molecular weight is 348 g/mol. The van der Waals surface area contributed by atoms with Gasteiger partial charge >= 0.3 is 6.18 Å². The first-order valence-corrected chi connectivity index (χ1v) is 8.35. The molecule has 128 valence electrons. The van der Waals surface area contributed by atoms with Gasteiger partial charge in [-0.1, -0.05) is 42.9 Å². The molecule has 0 N–H and O–H groups in total. The number of alkyl halides is 3. The molecule has 1 aromatic rings. The van der Waals surface area contributed by atoms with E-state index < -0.39 is 11.7 Å². The first-order chi connectivity index (χ1) is 10.9. The molecule has 0 unspecified atom stereocenters. The monoisotopic (exact) mass is 347 g/mol. The Morgan fingerprint density at radius 1 is 1.26 bits per heavy atom. The van der Waals surface area contributed by atoms with Crippen molar-refractivity contribution in [1.29, 1.82) is 0 Å². The second kappa shape index (κ2) is 8.04. The maximum Gasteiger partial charge on any atom is 0.417 e. The maximum absolute atomic E-state index is 13.2. The minimum Gasteiger partial charge on any atom is -0.395 e. The summed E-state index contributed by atoms with van der Waals surface area (Å²) >= 11 is 5.86. The van der Waals surface area contributed by atoms with Gasteiger partial charge in [0.1, 0.15) is 6.61 Å². The van der Waals surface area contributed by atoms with Crippen molar-refractivity contribution in [3.63, 3.8) is 0 Å². The largest absolute Gasteiger partial charge is 0.417 e. The Morgan fingerprint density at radius 2 is 1.96 bits per heavy atom. The van der Waals surface area contributed by atoms with Gasteiger partial charge < -0.3 is 4.84 Å². The zero-order valence-electron chi connectivity index (χ0n) is 13.1. The molecule has 0 spiro atoms. The summed E-state index contributed by atoms with van der Waals surface area (Å²) in [5.74, 6) is 0.451. The minimum atomic E-state index is -4.45. The Bertz CT molecular complexity index is 551. The third-order valence-corrected chi connectivity index (χ3v) is 4.38. The highest BCUT2D eigenvalue weighted by molar-refractivity contribution is 6.31. The Hall–Kier alpha value is -1.23. The average Bonchev–Trinajstić information content (AvgIpc) is 2.51. The highest BCUT2D eigenvalue weighted by Gasteiger charge is 2.34. The molecule has 0 radical (unpaired) electrons. The third-order valence-electron chi connectivity index (χ3n) is 4.14. The summed E-state index contributed by atoms with van der Waals surface area (Å²) in [6, 6.07) is 3.53. The Kier molecular flexibility index (Phi) is 6.33. The summed E-state index contributed by atoms with van der Waals surface area (Å²) in [7, 11) is 0. The van der Waals surface area contributed by atoms with Gasteiger partial charge in [0.05, 0.1) is 11.3 Å². The van der Waals surface area contributed by atoms with E-state index in [0.717, 1.165) is 18.9 Å². The molecule has 0 bridgehead atoms. The minimum absolute atomic E-state index is 0.00357. The Labute approximate surface area is 139 Å². The number of rotatable bonds is 5. The number of halogens is 4. The first kappa shape index (κ1) is 18.1. The van der Waals surface area contributed by atoms with Crippen LogP contribution in [0.25, 0.3) is 0 Å². The van der Waals surface area contributed by atoms with E-state index in [-0.39, 0.29) is 16.3 Å². The lowest BCUT2D eigenvalue weighted by Crippen LogP contribution is -2.15. The fraction of sp³-hybridized carbons (Fsp3) is 0.588. The van der Waals surface area contributed by atoms with Gasteiger partial charge in [-0.25, -0.2) is 0 Å². The summed E-state index contributed by atoms with van der Waals surface area (Å²) in [6.07, 6.45) is 1.71.